The summed E-state index contributed by atoms with van der Waals surface area (Å²) in [5, 5.41) is 4.02. The zero-order chi connectivity index (χ0) is 20.5. The normalized spacial score (nSPS) is 10.8. The van der Waals surface area contributed by atoms with Crippen molar-refractivity contribution in [1.29, 1.82) is 0 Å². The van der Waals surface area contributed by atoms with Crippen LogP contribution >= 0.6 is 11.8 Å². The van der Waals surface area contributed by atoms with E-state index in [-0.39, 0.29) is 5.91 Å². The number of thioether (sulfide) groups is 1. The zero-order valence-corrected chi connectivity index (χ0v) is 17.4. The fraction of sp³-hybridized carbons (Fsp3) is 0.167. The van der Waals surface area contributed by atoms with Gasteiger partial charge in [0, 0.05) is 4.90 Å². The average Bonchev–Trinajstić information content (AvgIpc) is 2.74. The molecule has 0 saturated carbocycles. The highest BCUT2D eigenvalue weighted by atomic mass is 32.2. The van der Waals surface area contributed by atoms with Crippen molar-refractivity contribution in [3.63, 3.8) is 0 Å². The molecule has 0 bridgehead atoms. The van der Waals surface area contributed by atoms with Gasteiger partial charge >= 0.3 is 0 Å². The van der Waals surface area contributed by atoms with E-state index in [0.717, 1.165) is 21.8 Å². The maximum absolute atomic E-state index is 11.9. The summed E-state index contributed by atoms with van der Waals surface area (Å²) in [4.78, 5) is 13.0. The van der Waals surface area contributed by atoms with Crippen LogP contribution in [0.1, 0.15) is 22.3 Å². The quantitative estimate of drug-likeness (QED) is 0.322. The van der Waals surface area contributed by atoms with Crippen LogP contribution in [0.25, 0.3) is 0 Å². The summed E-state index contributed by atoms with van der Waals surface area (Å²) in [6.45, 7) is 4.64. The molecule has 0 fully saturated rings. The maximum atomic E-state index is 11.9. The lowest BCUT2D eigenvalue weighted by atomic mass is 10.2. The van der Waals surface area contributed by atoms with Gasteiger partial charge in [-0.05, 0) is 61.4 Å². The number of ether oxygens (including phenoxy) is 1. The Balaban J connectivity index is 1.41. The topological polar surface area (TPSA) is 50.7 Å². The Morgan fingerprint density at radius 1 is 0.931 bits per heavy atom. The number of benzene rings is 3. The molecule has 148 valence electrons. The smallest absolute Gasteiger partial charge is 0.250 e. The molecule has 3 aromatic carbocycles. The summed E-state index contributed by atoms with van der Waals surface area (Å²) in [5.74, 6) is 0.984. The number of amides is 1. The first-order chi connectivity index (χ1) is 14.1. The predicted molar refractivity (Wildman–Crippen MR) is 120 cm³/mol. The van der Waals surface area contributed by atoms with E-state index in [1.165, 1.54) is 22.9 Å². The van der Waals surface area contributed by atoms with Crippen molar-refractivity contribution in [2.24, 2.45) is 5.10 Å². The molecule has 3 rings (SSSR count). The number of nitrogens with one attached hydrogen (secondary N) is 1. The molecular formula is C24H24N2O2S. The van der Waals surface area contributed by atoms with E-state index in [1.54, 1.807) is 6.21 Å². The molecule has 0 heterocycles. The molecule has 0 radical (unpaired) electrons. The van der Waals surface area contributed by atoms with Gasteiger partial charge in [0.15, 0.2) is 0 Å². The highest BCUT2D eigenvalue weighted by molar-refractivity contribution is 8.00. The van der Waals surface area contributed by atoms with Gasteiger partial charge in [-0.3, -0.25) is 4.79 Å². The van der Waals surface area contributed by atoms with E-state index in [4.69, 9.17) is 4.74 Å². The van der Waals surface area contributed by atoms with Crippen molar-refractivity contribution < 1.29 is 9.53 Å². The molecule has 3 aromatic rings. The fourth-order valence-corrected chi connectivity index (χ4v) is 3.19. The predicted octanol–water partition coefficient (Wildman–Crippen LogP) is 5.12. The van der Waals surface area contributed by atoms with Gasteiger partial charge in [-0.15, -0.1) is 11.8 Å². The Hall–Kier alpha value is -3.05. The number of nitrogens with zero attached hydrogens (tertiary/aromatic N) is 1. The Kier molecular flexibility index (Phi) is 7.47. The molecular weight excluding hydrogens is 380 g/mol. The van der Waals surface area contributed by atoms with E-state index in [2.05, 4.69) is 41.7 Å². The second-order valence-corrected chi connectivity index (χ2v) is 7.79. The molecule has 0 aliphatic heterocycles. The van der Waals surface area contributed by atoms with Crippen LogP contribution in [0.15, 0.2) is 82.8 Å². The molecule has 1 amide bonds. The van der Waals surface area contributed by atoms with Crippen molar-refractivity contribution in [3.05, 3.63) is 95.1 Å². The van der Waals surface area contributed by atoms with E-state index in [1.807, 2.05) is 55.5 Å². The molecule has 29 heavy (non-hydrogen) atoms. The van der Waals surface area contributed by atoms with E-state index in [9.17, 15) is 4.79 Å². The van der Waals surface area contributed by atoms with Crippen LogP contribution < -0.4 is 10.2 Å². The number of hydrogen-bond acceptors (Lipinski definition) is 4. The van der Waals surface area contributed by atoms with Crippen molar-refractivity contribution >= 4 is 23.9 Å². The van der Waals surface area contributed by atoms with E-state index >= 15 is 0 Å². The number of carbonyl (C=O) groups is 1. The third-order valence-corrected chi connectivity index (χ3v) is 5.21. The van der Waals surface area contributed by atoms with Crippen LogP contribution in [0.5, 0.6) is 5.75 Å². The summed E-state index contributed by atoms with van der Waals surface area (Å²) in [5.41, 5.74) is 7.02. The van der Waals surface area contributed by atoms with Crippen LogP contribution in [0, 0.1) is 13.8 Å². The summed E-state index contributed by atoms with van der Waals surface area (Å²) >= 11 is 1.49. The third kappa shape index (κ3) is 7.12. The van der Waals surface area contributed by atoms with Gasteiger partial charge < -0.3 is 4.74 Å². The van der Waals surface area contributed by atoms with Crippen LogP contribution in [0.3, 0.4) is 0 Å². The molecule has 0 spiro atoms. The minimum Gasteiger partial charge on any atom is -0.489 e. The molecule has 0 saturated heterocycles. The lowest BCUT2D eigenvalue weighted by molar-refractivity contribution is -0.118. The molecule has 4 nitrogen and oxygen atoms in total. The average molecular weight is 405 g/mol. The van der Waals surface area contributed by atoms with E-state index < -0.39 is 0 Å². The van der Waals surface area contributed by atoms with Gasteiger partial charge in [-0.2, -0.15) is 5.10 Å². The minimum atomic E-state index is -0.134. The lowest BCUT2D eigenvalue weighted by Crippen LogP contribution is -2.19. The van der Waals surface area contributed by atoms with Crippen molar-refractivity contribution in [1.82, 2.24) is 5.43 Å². The zero-order valence-electron chi connectivity index (χ0n) is 16.6. The van der Waals surface area contributed by atoms with Crippen LogP contribution in [0.2, 0.25) is 0 Å². The van der Waals surface area contributed by atoms with Gasteiger partial charge in [-0.1, -0.05) is 47.5 Å². The highest BCUT2D eigenvalue weighted by Crippen LogP contribution is 2.18. The van der Waals surface area contributed by atoms with Gasteiger partial charge in [0.25, 0.3) is 0 Å². The van der Waals surface area contributed by atoms with Crippen molar-refractivity contribution in [2.45, 2.75) is 25.3 Å². The first kappa shape index (κ1) is 20.7. The second kappa shape index (κ2) is 10.5. The Morgan fingerprint density at radius 2 is 1.55 bits per heavy atom. The van der Waals surface area contributed by atoms with Gasteiger partial charge in [-0.25, -0.2) is 5.43 Å². The third-order valence-electron chi connectivity index (χ3n) is 4.20. The van der Waals surface area contributed by atoms with Crippen LogP contribution in [-0.2, 0) is 11.4 Å². The standard InChI is InChI=1S/C24H24N2O2S/c1-18-3-7-21(8-4-18)16-28-22-11-9-20(10-12-22)15-25-26-24(27)17-29-23-13-5-19(2)6-14-23/h3-15H,16-17H2,1-2H3,(H,26,27)/b25-15+. The number of aryl methyl sites for hydroxylation is 2. The molecule has 0 aliphatic carbocycles. The van der Waals surface area contributed by atoms with Gasteiger partial charge in [0.1, 0.15) is 12.4 Å². The Labute approximate surface area is 176 Å². The maximum Gasteiger partial charge on any atom is 0.250 e. The molecule has 1 N–H and O–H groups in total. The number of rotatable bonds is 8. The molecule has 0 aliphatic rings. The number of hydrogen-bond donors (Lipinski definition) is 1. The summed E-state index contributed by atoms with van der Waals surface area (Å²) in [6, 6.07) is 24.0. The SMILES string of the molecule is Cc1ccc(COc2ccc(/C=N/NC(=O)CSc3ccc(C)cc3)cc2)cc1. The lowest BCUT2D eigenvalue weighted by Gasteiger charge is -2.07. The first-order valence-electron chi connectivity index (χ1n) is 9.38. The number of carbonyl (C=O) groups excluding carboxylic acids is 1. The fourth-order valence-electron chi connectivity index (χ4n) is 2.50. The largest absolute Gasteiger partial charge is 0.489 e. The molecule has 0 unspecified atom stereocenters. The summed E-state index contributed by atoms with van der Waals surface area (Å²) in [7, 11) is 0. The van der Waals surface area contributed by atoms with Gasteiger partial charge in [0.05, 0.1) is 12.0 Å². The molecule has 5 heteroatoms. The second-order valence-electron chi connectivity index (χ2n) is 6.74. The molecule has 0 atom stereocenters. The Morgan fingerprint density at radius 3 is 2.21 bits per heavy atom. The number of hydrazone groups is 1. The summed E-state index contributed by atoms with van der Waals surface area (Å²) in [6.07, 6.45) is 1.62. The summed E-state index contributed by atoms with van der Waals surface area (Å²) < 4.78 is 5.79. The minimum absolute atomic E-state index is 0.134. The Bertz CT molecular complexity index is 950. The van der Waals surface area contributed by atoms with E-state index in [0.29, 0.717) is 12.4 Å². The molecule has 0 aromatic heterocycles. The van der Waals surface area contributed by atoms with Crippen molar-refractivity contribution in [2.75, 3.05) is 5.75 Å². The first-order valence-corrected chi connectivity index (χ1v) is 10.4. The van der Waals surface area contributed by atoms with Crippen LogP contribution in [-0.4, -0.2) is 17.9 Å². The van der Waals surface area contributed by atoms with Gasteiger partial charge in [0.2, 0.25) is 5.91 Å². The van der Waals surface area contributed by atoms with Crippen molar-refractivity contribution in [3.8, 4) is 5.75 Å². The monoisotopic (exact) mass is 404 g/mol. The van der Waals surface area contributed by atoms with Crippen LogP contribution in [0.4, 0.5) is 0 Å². The highest BCUT2D eigenvalue weighted by Gasteiger charge is 2.01.